The third kappa shape index (κ3) is 2.31. The van der Waals surface area contributed by atoms with Gasteiger partial charge in [0.15, 0.2) is 0 Å². The first-order valence-electron chi connectivity index (χ1n) is 5.80. The minimum absolute atomic E-state index is 0.163. The van der Waals surface area contributed by atoms with Crippen LogP contribution in [0.5, 0.6) is 0 Å². The molecule has 1 N–H and O–H groups in total. The van der Waals surface area contributed by atoms with E-state index >= 15 is 0 Å². The van der Waals surface area contributed by atoms with E-state index in [-0.39, 0.29) is 11.9 Å². The molecular formula is C13H17ClN2O. The van der Waals surface area contributed by atoms with Crippen LogP contribution in [0.3, 0.4) is 0 Å². The fourth-order valence-corrected chi connectivity index (χ4v) is 2.51. The second kappa shape index (κ2) is 5.07. The van der Waals surface area contributed by atoms with Crippen LogP contribution >= 0.6 is 11.6 Å². The van der Waals surface area contributed by atoms with Gasteiger partial charge in [-0.25, -0.2) is 0 Å². The summed E-state index contributed by atoms with van der Waals surface area (Å²) < 4.78 is 0. The number of hydrogen-bond donors (Lipinski definition) is 1. The average molecular weight is 253 g/mol. The van der Waals surface area contributed by atoms with Crippen LogP contribution in [0.4, 0.5) is 5.69 Å². The Morgan fingerprint density at radius 1 is 1.53 bits per heavy atom. The summed E-state index contributed by atoms with van der Waals surface area (Å²) in [4.78, 5) is 13.3. The molecule has 1 heterocycles. The van der Waals surface area contributed by atoms with Crippen molar-refractivity contribution in [3.8, 4) is 0 Å². The highest BCUT2D eigenvalue weighted by molar-refractivity contribution is 6.17. The van der Waals surface area contributed by atoms with E-state index in [1.807, 2.05) is 20.2 Å². The van der Waals surface area contributed by atoms with Gasteiger partial charge < -0.3 is 10.2 Å². The Bertz CT molecular complexity index is 433. The topological polar surface area (TPSA) is 32.3 Å². The van der Waals surface area contributed by atoms with Crippen molar-refractivity contribution in [2.45, 2.75) is 18.9 Å². The van der Waals surface area contributed by atoms with E-state index in [0.717, 1.165) is 17.7 Å². The van der Waals surface area contributed by atoms with Crippen LogP contribution in [-0.2, 0) is 11.2 Å². The van der Waals surface area contributed by atoms with Crippen LogP contribution in [0.25, 0.3) is 0 Å². The highest BCUT2D eigenvalue weighted by Crippen LogP contribution is 2.30. The molecule has 0 aromatic heterocycles. The molecule has 0 saturated carbocycles. The molecule has 0 aliphatic carbocycles. The number of anilines is 1. The van der Waals surface area contributed by atoms with Gasteiger partial charge in [-0.1, -0.05) is 12.1 Å². The molecule has 0 fully saturated rings. The highest BCUT2D eigenvalue weighted by Gasteiger charge is 2.24. The van der Waals surface area contributed by atoms with Gasteiger partial charge >= 0.3 is 0 Å². The summed E-state index contributed by atoms with van der Waals surface area (Å²) in [6.45, 7) is 0. The fraction of sp³-hybridized carbons (Fsp3) is 0.462. The lowest BCUT2D eigenvalue weighted by Crippen LogP contribution is -2.20. The smallest absolute Gasteiger partial charge is 0.231 e. The van der Waals surface area contributed by atoms with E-state index in [4.69, 9.17) is 11.6 Å². The van der Waals surface area contributed by atoms with Crippen molar-refractivity contribution in [1.82, 2.24) is 5.32 Å². The molecule has 4 heteroatoms. The van der Waals surface area contributed by atoms with Gasteiger partial charge in [-0.05, 0) is 30.7 Å². The predicted octanol–water partition coefficient (Wildman–Crippen LogP) is 2.09. The van der Waals surface area contributed by atoms with E-state index in [1.54, 1.807) is 4.90 Å². The number of alkyl halides is 1. The number of likely N-dealkylation sites (N-methyl/N-ethyl adjacent to an activating group) is 1. The number of benzene rings is 1. The molecule has 3 nitrogen and oxygen atoms in total. The SMILES string of the molecule is CNC(CCCl)c1ccc2c(c1)CC(=O)N2C. The number of amides is 1. The number of nitrogens with one attached hydrogen (secondary N) is 1. The van der Waals surface area contributed by atoms with Gasteiger partial charge in [-0.3, -0.25) is 4.79 Å². The van der Waals surface area contributed by atoms with Crippen molar-refractivity contribution in [2.75, 3.05) is 24.9 Å². The molecule has 2 rings (SSSR count). The second-order valence-electron chi connectivity index (χ2n) is 4.34. The summed E-state index contributed by atoms with van der Waals surface area (Å²) in [6.07, 6.45) is 1.40. The van der Waals surface area contributed by atoms with Crippen LogP contribution in [0.2, 0.25) is 0 Å². The third-order valence-corrected chi connectivity index (χ3v) is 3.55. The Morgan fingerprint density at radius 3 is 2.94 bits per heavy atom. The zero-order valence-electron chi connectivity index (χ0n) is 10.2. The molecule has 0 radical (unpaired) electrons. The number of carbonyl (C=O) groups is 1. The third-order valence-electron chi connectivity index (χ3n) is 3.33. The van der Waals surface area contributed by atoms with Crippen LogP contribution in [0.1, 0.15) is 23.6 Å². The lowest BCUT2D eigenvalue weighted by Gasteiger charge is -2.17. The van der Waals surface area contributed by atoms with Crippen LogP contribution in [0.15, 0.2) is 18.2 Å². The Hall–Kier alpha value is -1.06. The van der Waals surface area contributed by atoms with Crippen molar-refractivity contribution in [1.29, 1.82) is 0 Å². The number of rotatable bonds is 4. The Balaban J connectivity index is 2.29. The number of halogens is 1. The maximum Gasteiger partial charge on any atom is 0.231 e. The molecule has 1 aliphatic rings. The van der Waals surface area contributed by atoms with E-state index < -0.39 is 0 Å². The molecule has 0 bridgehead atoms. The van der Waals surface area contributed by atoms with Gasteiger partial charge in [0.1, 0.15) is 0 Å². The van der Waals surface area contributed by atoms with E-state index in [9.17, 15) is 4.79 Å². The number of fused-ring (bicyclic) bond motifs is 1. The molecule has 1 aromatic rings. The Kier molecular flexibility index (Phi) is 3.69. The Labute approximate surface area is 107 Å². The molecule has 0 saturated heterocycles. The van der Waals surface area contributed by atoms with Gasteiger partial charge in [0, 0.05) is 24.7 Å². The molecule has 1 atom stereocenters. The predicted molar refractivity (Wildman–Crippen MR) is 70.7 cm³/mol. The van der Waals surface area contributed by atoms with Gasteiger partial charge in [-0.15, -0.1) is 11.6 Å². The van der Waals surface area contributed by atoms with E-state index in [0.29, 0.717) is 12.3 Å². The monoisotopic (exact) mass is 252 g/mol. The summed E-state index contributed by atoms with van der Waals surface area (Å²) >= 11 is 5.79. The molecule has 0 spiro atoms. The minimum Gasteiger partial charge on any atom is -0.315 e. The molecule has 1 aliphatic heterocycles. The number of hydrogen-bond acceptors (Lipinski definition) is 2. The zero-order valence-corrected chi connectivity index (χ0v) is 10.9. The molecule has 1 unspecified atom stereocenters. The van der Waals surface area contributed by atoms with Gasteiger partial charge in [0.2, 0.25) is 5.91 Å². The van der Waals surface area contributed by atoms with E-state index in [2.05, 4.69) is 17.4 Å². The highest BCUT2D eigenvalue weighted by atomic mass is 35.5. The minimum atomic E-state index is 0.163. The number of carbonyl (C=O) groups excluding carboxylic acids is 1. The first-order valence-corrected chi connectivity index (χ1v) is 6.33. The summed E-state index contributed by atoms with van der Waals surface area (Å²) in [5, 5.41) is 3.25. The van der Waals surface area contributed by atoms with Crippen LogP contribution in [0, 0.1) is 0 Å². The first kappa shape index (κ1) is 12.4. The largest absolute Gasteiger partial charge is 0.315 e. The summed E-state index contributed by atoms with van der Waals surface area (Å²) in [7, 11) is 3.75. The first-order chi connectivity index (χ1) is 8.17. The van der Waals surface area contributed by atoms with Gasteiger partial charge in [0.05, 0.1) is 6.42 Å². The van der Waals surface area contributed by atoms with Crippen molar-refractivity contribution in [2.24, 2.45) is 0 Å². The maximum absolute atomic E-state index is 11.6. The normalized spacial score (nSPS) is 16.2. The number of nitrogens with zero attached hydrogens (tertiary/aromatic N) is 1. The van der Waals surface area contributed by atoms with Crippen molar-refractivity contribution in [3.63, 3.8) is 0 Å². The van der Waals surface area contributed by atoms with Crippen molar-refractivity contribution >= 4 is 23.2 Å². The molecular weight excluding hydrogens is 236 g/mol. The zero-order chi connectivity index (χ0) is 12.4. The maximum atomic E-state index is 11.6. The molecule has 92 valence electrons. The van der Waals surface area contributed by atoms with Crippen LogP contribution in [-0.4, -0.2) is 25.9 Å². The summed E-state index contributed by atoms with van der Waals surface area (Å²) in [5.74, 6) is 0.789. The van der Waals surface area contributed by atoms with Crippen molar-refractivity contribution < 1.29 is 4.79 Å². The lowest BCUT2D eigenvalue weighted by atomic mass is 10.0. The molecule has 1 amide bonds. The fourth-order valence-electron chi connectivity index (χ4n) is 2.29. The summed E-state index contributed by atoms with van der Waals surface area (Å²) in [5.41, 5.74) is 3.35. The van der Waals surface area contributed by atoms with Gasteiger partial charge in [-0.2, -0.15) is 0 Å². The lowest BCUT2D eigenvalue weighted by molar-refractivity contribution is -0.117. The summed E-state index contributed by atoms with van der Waals surface area (Å²) in [6, 6.07) is 6.47. The van der Waals surface area contributed by atoms with Gasteiger partial charge in [0.25, 0.3) is 0 Å². The standard InChI is InChI=1S/C13H17ClN2O/c1-15-11(5-6-14)9-3-4-12-10(7-9)8-13(17)16(12)2/h3-4,7,11,15H,5-6,8H2,1-2H3. The van der Waals surface area contributed by atoms with Crippen LogP contribution < -0.4 is 10.2 Å². The second-order valence-corrected chi connectivity index (χ2v) is 4.71. The Morgan fingerprint density at radius 2 is 2.29 bits per heavy atom. The molecule has 1 aromatic carbocycles. The van der Waals surface area contributed by atoms with Crippen molar-refractivity contribution in [3.05, 3.63) is 29.3 Å². The average Bonchev–Trinajstić information content (AvgIpc) is 2.61. The molecule has 17 heavy (non-hydrogen) atoms. The quantitative estimate of drug-likeness (QED) is 0.833. The van der Waals surface area contributed by atoms with E-state index in [1.165, 1.54) is 5.56 Å².